The SMILES string of the molecule is COc1ccc(-c2ccc(C3=NC=C3c3ccc4ncc(C5=CC=CCN5)n4c3)cc2)cn1. The van der Waals surface area contributed by atoms with Crippen molar-refractivity contribution in [2.75, 3.05) is 13.7 Å². The van der Waals surface area contributed by atoms with E-state index in [-0.39, 0.29) is 0 Å². The third-order valence-corrected chi connectivity index (χ3v) is 5.92. The van der Waals surface area contributed by atoms with E-state index in [9.17, 15) is 0 Å². The van der Waals surface area contributed by atoms with Crippen LogP contribution in [0, 0.1) is 0 Å². The molecule has 0 amide bonds. The minimum absolute atomic E-state index is 0.610. The van der Waals surface area contributed by atoms with Crippen molar-refractivity contribution in [3.8, 4) is 17.0 Å². The van der Waals surface area contributed by atoms with Crippen molar-refractivity contribution in [3.05, 3.63) is 108 Å². The van der Waals surface area contributed by atoms with E-state index in [1.165, 1.54) is 0 Å². The summed E-state index contributed by atoms with van der Waals surface area (Å²) in [4.78, 5) is 13.4. The van der Waals surface area contributed by atoms with Gasteiger partial charge in [-0.2, -0.15) is 0 Å². The molecular formula is C27H21N5O. The Balaban J connectivity index is 1.27. The molecule has 0 fully saturated rings. The summed E-state index contributed by atoms with van der Waals surface area (Å²) in [6.07, 6.45) is 14.0. The number of ether oxygens (including phenoxy) is 1. The fourth-order valence-corrected chi connectivity index (χ4v) is 4.10. The van der Waals surface area contributed by atoms with Crippen molar-refractivity contribution in [2.45, 2.75) is 0 Å². The normalized spacial score (nSPS) is 14.8. The predicted octanol–water partition coefficient (Wildman–Crippen LogP) is 4.75. The number of aromatic nitrogens is 3. The van der Waals surface area contributed by atoms with Gasteiger partial charge in [0.15, 0.2) is 0 Å². The molecule has 6 heteroatoms. The van der Waals surface area contributed by atoms with Crippen molar-refractivity contribution in [1.29, 1.82) is 0 Å². The number of rotatable bonds is 5. The molecule has 0 saturated carbocycles. The van der Waals surface area contributed by atoms with E-state index >= 15 is 0 Å². The van der Waals surface area contributed by atoms with Crippen LogP contribution in [0.25, 0.3) is 28.0 Å². The van der Waals surface area contributed by atoms with Crippen molar-refractivity contribution in [3.63, 3.8) is 0 Å². The number of nitrogens with zero attached hydrogens (tertiary/aromatic N) is 4. The van der Waals surface area contributed by atoms with E-state index in [4.69, 9.17) is 4.74 Å². The number of benzene rings is 1. The first-order chi connectivity index (χ1) is 16.3. The van der Waals surface area contributed by atoms with Crippen LogP contribution in [0.1, 0.15) is 16.8 Å². The maximum Gasteiger partial charge on any atom is 0.212 e. The number of dihydropyridines is 1. The highest BCUT2D eigenvalue weighted by atomic mass is 16.5. The topological polar surface area (TPSA) is 63.8 Å². The zero-order valence-corrected chi connectivity index (χ0v) is 18.1. The third kappa shape index (κ3) is 3.42. The van der Waals surface area contributed by atoms with Crippen LogP contribution in [0.3, 0.4) is 0 Å². The molecule has 1 aromatic carbocycles. The Bertz CT molecular complexity index is 1470. The van der Waals surface area contributed by atoms with Gasteiger partial charge in [-0.25, -0.2) is 9.97 Å². The molecule has 3 aromatic heterocycles. The highest BCUT2D eigenvalue weighted by Crippen LogP contribution is 2.30. The number of allylic oxidation sites excluding steroid dienone is 3. The lowest BCUT2D eigenvalue weighted by Gasteiger charge is -2.18. The molecule has 0 bridgehead atoms. The summed E-state index contributed by atoms with van der Waals surface area (Å²) in [6.45, 7) is 0.823. The van der Waals surface area contributed by atoms with Crippen LogP contribution in [-0.4, -0.2) is 33.7 Å². The number of fused-ring (bicyclic) bond motifs is 1. The van der Waals surface area contributed by atoms with Crippen molar-refractivity contribution in [2.24, 2.45) is 4.99 Å². The molecular weight excluding hydrogens is 410 g/mol. The lowest BCUT2D eigenvalue weighted by atomic mass is 9.93. The Morgan fingerprint density at radius 3 is 2.39 bits per heavy atom. The van der Waals surface area contributed by atoms with Gasteiger partial charge in [0.1, 0.15) is 5.65 Å². The summed E-state index contributed by atoms with van der Waals surface area (Å²) in [7, 11) is 1.62. The molecule has 6 nitrogen and oxygen atoms in total. The molecule has 1 N–H and O–H groups in total. The third-order valence-electron chi connectivity index (χ3n) is 5.92. The number of pyridine rings is 2. The molecule has 2 aliphatic rings. The molecule has 0 spiro atoms. The van der Waals surface area contributed by atoms with E-state index < -0.39 is 0 Å². The molecule has 6 rings (SSSR count). The predicted molar refractivity (Wildman–Crippen MR) is 131 cm³/mol. The summed E-state index contributed by atoms with van der Waals surface area (Å²) in [5.74, 6) is 0.610. The molecule has 33 heavy (non-hydrogen) atoms. The summed E-state index contributed by atoms with van der Waals surface area (Å²) in [5.41, 5.74) is 9.51. The minimum atomic E-state index is 0.610. The molecule has 5 heterocycles. The second kappa shape index (κ2) is 7.91. The number of hydrogen-bond acceptors (Lipinski definition) is 5. The van der Waals surface area contributed by atoms with E-state index in [2.05, 4.69) is 85.5 Å². The van der Waals surface area contributed by atoms with Gasteiger partial charge in [0.05, 0.1) is 30.4 Å². The smallest absolute Gasteiger partial charge is 0.212 e. The molecule has 0 atom stereocenters. The maximum atomic E-state index is 5.15. The van der Waals surface area contributed by atoms with Gasteiger partial charge >= 0.3 is 0 Å². The van der Waals surface area contributed by atoms with Gasteiger partial charge in [0.25, 0.3) is 0 Å². The molecule has 0 aliphatic carbocycles. The van der Waals surface area contributed by atoms with Crippen LogP contribution >= 0.6 is 0 Å². The number of nitrogens with one attached hydrogen (secondary N) is 1. The number of methoxy groups -OCH3 is 1. The van der Waals surface area contributed by atoms with Gasteiger partial charge < -0.3 is 10.1 Å². The Morgan fingerprint density at radius 2 is 1.70 bits per heavy atom. The van der Waals surface area contributed by atoms with Gasteiger partial charge in [-0.1, -0.05) is 36.4 Å². The fourth-order valence-electron chi connectivity index (χ4n) is 4.10. The van der Waals surface area contributed by atoms with Crippen molar-refractivity contribution < 1.29 is 4.74 Å². The van der Waals surface area contributed by atoms with E-state index in [0.717, 1.165) is 57.1 Å². The van der Waals surface area contributed by atoms with Crippen LogP contribution in [0.2, 0.25) is 0 Å². The van der Waals surface area contributed by atoms with Gasteiger partial charge in [0, 0.05) is 53.5 Å². The minimum Gasteiger partial charge on any atom is -0.481 e. The molecule has 160 valence electrons. The molecule has 0 saturated heterocycles. The average Bonchev–Trinajstić information content (AvgIpc) is 3.28. The van der Waals surface area contributed by atoms with Crippen LogP contribution < -0.4 is 10.1 Å². The standard InChI is InChI=1S/C27H21N5O/c1-33-26-12-10-20(14-30-26)18-5-7-19(8-6-18)27-22(15-31-27)21-9-11-25-29-16-24(32(25)17-21)23-4-2-3-13-28-23/h2-12,14-17,28H,13H2,1H3. The largest absolute Gasteiger partial charge is 0.481 e. The number of aliphatic imine (C=N–C) groups is 1. The van der Waals surface area contributed by atoms with Gasteiger partial charge in [0.2, 0.25) is 5.88 Å². The van der Waals surface area contributed by atoms with Crippen molar-refractivity contribution >= 4 is 22.6 Å². The first kappa shape index (κ1) is 19.3. The Kier molecular flexibility index (Phi) is 4.61. The zero-order valence-electron chi connectivity index (χ0n) is 18.1. The Morgan fingerprint density at radius 1 is 0.879 bits per heavy atom. The molecule has 4 aromatic rings. The first-order valence-corrected chi connectivity index (χ1v) is 10.8. The molecule has 0 radical (unpaired) electrons. The number of imidazole rings is 1. The first-order valence-electron chi connectivity index (χ1n) is 10.8. The van der Waals surface area contributed by atoms with Crippen LogP contribution in [0.5, 0.6) is 5.88 Å². The lowest BCUT2D eigenvalue weighted by Crippen LogP contribution is -2.16. The zero-order chi connectivity index (χ0) is 22.2. The van der Waals surface area contributed by atoms with E-state index in [1.54, 1.807) is 7.11 Å². The van der Waals surface area contributed by atoms with Gasteiger partial charge in [-0.3, -0.25) is 9.39 Å². The van der Waals surface area contributed by atoms with Crippen LogP contribution in [0.15, 0.2) is 96.5 Å². The van der Waals surface area contributed by atoms with Crippen LogP contribution in [0.4, 0.5) is 0 Å². The summed E-state index contributed by atoms with van der Waals surface area (Å²) in [6, 6.07) is 16.5. The van der Waals surface area contributed by atoms with E-state index in [1.807, 2.05) is 30.7 Å². The highest BCUT2D eigenvalue weighted by Gasteiger charge is 2.19. The monoisotopic (exact) mass is 431 g/mol. The Hall–Kier alpha value is -4.45. The number of hydrogen-bond donors (Lipinski definition) is 1. The highest BCUT2D eigenvalue weighted by molar-refractivity contribution is 6.35. The second-order valence-corrected chi connectivity index (χ2v) is 7.87. The van der Waals surface area contributed by atoms with Gasteiger partial charge in [-0.15, -0.1) is 0 Å². The fraction of sp³-hybridized carbons (Fsp3) is 0.0741. The quantitative estimate of drug-likeness (QED) is 0.495. The second-order valence-electron chi connectivity index (χ2n) is 7.87. The van der Waals surface area contributed by atoms with Crippen molar-refractivity contribution in [1.82, 2.24) is 19.7 Å². The Labute approximate surface area is 191 Å². The molecule has 0 unspecified atom stereocenters. The summed E-state index contributed by atoms with van der Waals surface area (Å²) >= 11 is 0. The summed E-state index contributed by atoms with van der Waals surface area (Å²) < 4.78 is 7.28. The van der Waals surface area contributed by atoms with Crippen LogP contribution in [-0.2, 0) is 0 Å². The lowest BCUT2D eigenvalue weighted by molar-refractivity contribution is 0.398. The van der Waals surface area contributed by atoms with E-state index in [0.29, 0.717) is 5.88 Å². The van der Waals surface area contributed by atoms with Gasteiger partial charge in [-0.05, 0) is 29.8 Å². The molecule has 2 aliphatic heterocycles. The maximum absolute atomic E-state index is 5.15. The average molecular weight is 431 g/mol. The summed E-state index contributed by atoms with van der Waals surface area (Å²) in [5, 5.41) is 3.41.